The third kappa shape index (κ3) is 3.36. The van der Waals surface area contributed by atoms with Crippen LogP contribution in [0.3, 0.4) is 0 Å². The van der Waals surface area contributed by atoms with E-state index in [0.29, 0.717) is 16.6 Å². The normalized spacial score (nSPS) is 19.8. The first-order chi connectivity index (χ1) is 8.56. The molecule has 1 atom stereocenters. The summed E-state index contributed by atoms with van der Waals surface area (Å²) in [6.45, 7) is 4.38. The van der Waals surface area contributed by atoms with Crippen molar-refractivity contribution in [2.24, 2.45) is 5.92 Å². The summed E-state index contributed by atoms with van der Waals surface area (Å²) < 4.78 is 13.7. The Bertz CT molecular complexity index is 403. The molecular formula is C14H20ClFN2. The fourth-order valence-electron chi connectivity index (χ4n) is 2.50. The number of nitrogens with one attached hydrogen (secondary N) is 1. The monoisotopic (exact) mass is 270 g/mol. The lowest BCUT2D eigenvalue weighted by Gasteiger charge is -2.33. The van der Waals surface area contributed by atoms with E-state index in [-0.39, 0.29) is 11.9 Å². The molecule has 1 aromatic carbocycles. The lowest BCUT2D eigenvalue weighted by Crippen LogP contribution is -2.37. The standard InChI is InChI=1S/C14H20ClFN2/c1-10(11-5-7-18(2)8-6-11)17-14-4-3-12(15)9-13(14)16/h3-4,9-11,17H,5-8H2,1-2H3. The molecule has 0 amide bonds. The molecule has 2 nitrogen and oxygen atoms in total. The molecule has 4 heteroatoms. The molecule has 100 valence electrons. The largest absolute Gasteiger partial charge is 0.380 e. The molecule has 1 fully saturated rings. The van der Waals surface area contributed by atoms with Gasteiger partial charge in [-0.05, 0) is 64.0 Å². The molecule has 1 N–H and O–H groups in total. The lowest BCUT2D eigenvalue weighted by molar-refractivity contribution is 0.208. The van der Waals surface area contributed by atoms with Crippen molar-refractivity contribution in [3.63, 3.8) is 0 Å². The Kier molecular flexibility index (Phi) is 4.46. The van der Waals surface area contributed by atoms with Crippen LogP contribution in [0.1, 0.15) is 19.8 Å². The van der Waals surface area contributed by atoms with Gasteiger partial charge in [-0.25, -0.2) is 4.39 Å². The van der Waals surface area contributed by atoms with E-state index >= 15 is 0 Å². The van der Waals surface area contributed by atoms with E-state index in [2.05, 4.69) is 24.2 Å². The van der Waals surface area contributed by atoms with Gasteiger partial charge in [0.05, 0.1) is 5.69 Å². The van der Waals surface area contributed by atoms with Crippen LogP contribution in [0.15, 0.2) is 18.2 Å². The molecule has 0 aromatic heterocycles. The van der Waals surface area contributed by atoms with Gasteiger partial charge in [-0.1, -0.05) is 11.6 Å². The number of piperidine rings is 1. The summed E-state index contributed by atoms with van der Waals surface area (Å²) in [6.07, 6.45) is 2.33. The molecular weight excluding hydrogens is 251 g/mol. The van der Waals surface area contributed by atoms with Gasteiger partial charge in [0.15, 0.2) is 0 Å². The van der Waals surface area contributed by atoms with Gasteiger partial charge in [-0.3, -0.25) is 0 Å². The van der Waals surface area contributed by atoms with Crippen LogP contribution in [0.5, 0.6) is 0 Å². The first kappa shape index (κ1) is 13.6. The molecule has 0 saturated carbocycles. The highest BCUT2D eigenvalue weighted by Crippen LogP contribution is 2.25. The Balaban J connectivity index is 1.96. The number of nitrogens with zero attached hydrogens (tertiary/aromatic N) is 1. The third-order valence-corrected chi connectivity index (χ3v) is 4.02. The lowest BCUT2D eigenvalue weighted by atomic mass is 9.90. The molecule has 1 saturated heterocycles. The van der Waals surface area contributed by atoms with Crippen LogP contribution in [0.2, 0.25) is 5.02 Å². The highest BCUT2D eigenvalue weighted by atomic mass is 35.5. The summed E-state index contributed by atoms with van der Waals surface area (Å²) in [5, 5.41) is 3.70. The van der Waals surface area contributed by atoms with E-state index in [1.807, 2.05) is 0 Å². The van der Waals surface area contributed by atoms with Gasteiger partial charge in [0.2, 0.25) is 0 Å². The minimum absolute atomic E-state index is 0.276. The topological polar surface area (TPSA) is 15.3 Å². The zero-order valence-corrected chi connectivity index (χ0v) is 11.7. The molecule has 0 bridgehead atoms. The van der Waals surface area contributed by atoms with Gasteiger partial charge in [-0.2, -0.15) is 0 Å². The number of halogens is 2. The second kappa shape index (κ2) is 5.89. The average Bonchev–Trinajstić information content (AvgIpc) is 2.33. The van der Waals surface area contributed by atoms with E-state index in [1.54, 1.807) is 12.1 Å². The molecule has 1 aliphatic rings. The van der Waals surface area contributed by atoms with Gasteiger partial charge in [0.25, 0.3) is 0 Å². The van der Waals surface area contributed by atoms with Crippen molar-refractivity contribution in [1.82, 2.24) is 4.90 Å². The van der Waals surface area contributed by atoms with Gasteiger partial charge in [-0.15, -0.1) is 0 Å². The van der Waals surface area contributed by atoms with Crippen LogP contribution in [-0.2, 0) is 0 Å². The quantitative estimate of drug-likeness (QED) is 0.902. The molecule has 0 aliphatic carbocycles. The third-order valence-electron chi connectivity index (χ3n) is 3.78. The van der Waals surface area contributed by atoms with Crippen LogP contribution in [0, 0.1) is 11.7 Å². The summed E-state index contributed by atoms with van der Waals surface area (Å²) in [5.41, 5.74) is 0.547. The predicted octanol–water partition coefficient (Wildman–Crippen LogP) is 3.62. The van der Waals surface area contributed by atoms with E-state index in [0.717, 1.165) is 13.1 Å². The molecule has 1 aromatic rings. The van der Waals surface area contributed by atoms with Gasteiger partial charge < -0.3 is 10.2 Å². The van der Waals surface area contributed by atoms with E-state index < -0.39 is 0 Å². The number of benzene rings is 1. The summed E-state index contributed by atoms with van der Waals surface area (Å²) in [4.78, 5) is 2.34. The number of likely N-dealkylation sites (tertiary alicyclic amines) is 1. The molecule has 1 heterocycles. The number of hydrogen-bond acceptors (Lipinski definition) is 2. The van der Waals surface area contributed by atoms with Crippen LogP contribution in [-0.4, -0.2) is 31.1 Å². The summed E-state index contributed by atoms with van der Waals surface area (Å²) >= 11 is 5.74. The van der Waals surface area contributed by atoms with E-state index in [1.165, 1.54) is 18.9 Å². The highest BCUT2D eigenvalue weighted by molar-refractivity contribution is 6.30. The molecule has 1 aliphatic heterocycles. The zero-order chi connectivity index (χ0) is 13.1. The Hall–Kier alpha value is -0.800. The molecule has 0 spiro atoms. The number of hydrogen-bond donors (Lipinski definition) is 1. The van der Waals surface area contributed by atoms with Crippen LogP contribution < -0.4 is 5.32 Å². The van der Waals surface area contributed by atoms with Crippen LogP contribution >= 0.6 is 11.6 Å². The van der Waals surface area contributed by atoms with Crippen molar-refractivity contribution in [3.05, 3.63) is 29.0 Å². The van der Waals surface area contributed by atoms with Crippen LogP contribution in [0.4, 0.5) is 10.1 Å². The maximum absolute atomic E-state index is 13.7. The second-order valence-corrected chi connectivity index (χ2v) is 5.63. The minimum atomic E-state index is -0.276. The van der Waals surface area contributed by atoms with Crippen molar-refractivity contribution in [3.8, 4) is 0 Å². The van der Waals surface area contributed by atoms with E-state index in [9.17, 15) is 4.39 Å². The van der Waals surface area contributed by atoms with Gasteiger partial charge in [0, 0.05) is 11.1 Å². The fraction of sp³-hybridized carbons (Fsp3) is 0.571. The summed E-state index contributed by atoms with van der Waals surface area (Å²) in [6, 6.07) is 5.07. The van der Waals surface area contributed by atoms with Gasteiger partial charge in [0.1, 0.15) is 5.82 Å². The Morgan fingerprint density at radius 1 is 1.39 bits per heavy atom. The number of rotatable bonds is 3. The summed E-state index contributed by atoms with van der Waals surface area (Å²) in [7, 11) is 2.15. The zero-order valence-electron chi connectivity index (χ0n) is 10.9. The average molecular weight is 271 g/mol. The van der Waals surface area contributed by atoms with Crippen LogP contribution in [0.25, 0.3) is 0 Å². The van der Waals surface area contributed by atoms with Crippen molar-refractivity contribution in [1.29, 1.82) is 0 Å². The predicted molar refractivity (Wildman–Crippen MR) is 74.7 cm³/mol. The fourth-order valence-corrected chi connectivity index (χ4v) is 2.66. The van der Waals surface area contributed by atoms with Gasteiger partial charge >= 0.3 is 0 Å². The van der Waals surface area contributed by atoms with Crippen molar-refractivity contribution in [2.45, 2.75) is 25.8 Å². The molecule has 1 unspecified atom stereocenters. The highest BCUT2D eigenvalue weighted by Gasteiger charge is 2.22. The Morgan fingerprint density at radius 3 is 2.67 bits per heavy atom. The maximum Gasteiger partial charge on any atom is 0.147 e. The minimum Gasteiger partial charge on any atom is -0.380 e. The SMILES string of the molecule is CC(Nc1ccc(Cl)cc1F)C1CCN(C)CC1. The Morgan fingerprint density at radius 2 is 2.06 bits per heavy atom. The smallest absolute Gasteiger partial charge is 0.147 e. The molecule has 18 heavy (non-hydrogen) atoms. The molecule has 2 rings (SSSR count). The molecule has 0 radical (unpaired) electrons. The maximum atomic E-state index is 13.7. The van der Waals surface area contributed by atoms with E-state index in [4.69, 9.17) is 11.6 Å². The first-order valence-electron chi connectivity index (χ1n) is 6.46. The first-order valence-corrected chi connectivity index (χ1v) is 6.84. The van der Waals surface area contributed by atoms with Crippen molar-refractivity contribution < 1.29 is 4.39 Å². The number of anilines is 1. The Labute approximate surface area is 113 Å². The van der Waals surface area contributed by atoms with Crippen molar-refractivity contribution >= 4 is 17.3 Å². The van der Waals surface area contributed by atoms with Crippen molar-refractivity contribution in [2.75, 3.05) is 25.5 Å². The second-order valence-electron chi connectivity index (χ2n) is 5.20. The summed E-state index contributed by atoms with van der Waals surface area (Å²) in [5.74, 6) is 0.332.